The Kier molecular flexibility index (Phi) is 5.70. The number of carboxylic acid groups (broad SMARTS) is 1. The highest BCUT2D eigenvalue weighted by atomic mass is 32.2. The number of hydrogen-bond donors (Lipinski definition) is 2. The molecule has 0 spiro atoms. The first-order valence-electron chi connectivity index (χ1n) is 8.53. The summed E-state index contributed by atoms with van der Waals surface area (Å²) in [6, 6.07) is 15.3. The zero-order valence-electron chi connectivity index (χ0n) is 14.8. The third-order valence-corrected chi connectivity index (χ3v) is 6.00. The van der Waals surface area contributed by atoms with Gasteiger partial charge in [-0.2, -0.15) is 0 Å². The molecule has 0 aliphatic carbocycles. The largest absolute Gasteiger partial charge is 0.480 e. The molecular weight excluding hydrogens is 380 g/mol. The molecule has 3 rings (SSSR count). The van der Waals surface area contributed by atoms with Gasteiger partial charge >= 0.3 is 5.97 Å². The molecule has 1 aromatic heterocycles. The van der Waals surface area contributed by atoms with Gasteiger partial charge in [0.15, 0.2) is 9.84 Å². The molecule has 1 amide bonds. The number of hydrogen-bond acceptors (Lipinski definition) is 5. The number of sulfone groups is 1. The van der Waals surface area contributed by atoms with Crippen molar-refractivity contribution in [1.82, 2.24) is 10.3 Å². The van der Waals surface area contributed by atoms with Gasteiger partial charge in [0.05, 0.1) is 21.7 Å². The fourth-order valence-electron chi connectivity index (χ4n) is 2.71. The lowest BCUT2D eigenvalue weighted by molar-refractivity contribution is -0.139. The van der Waals surface area contributed by atoms with Crippen molar-refractivity contribution in [3.8, 4) is 0 Å². The minimum absolute atomic E-state index is 0.115. The summed E-state index contributed by atoms with van der Waals surface area (Å²) in [4.78, 5) is 28.2. The number of para-hydroxylation sites is 1. The van der Waals surface area contributed by atoms with Crippen LogP contribution in [0.3, 0.4) is 0 Å². The van der Waals surface area contributed by atoms with Crippen LogP contribution in [0.1, 0.15) is 16.8 Å². The summed E-state index contributed by atoms with van der Waals surface area (Å²) in [6.45, 7) is 0. The number of carbonyl (C=O) groups is 2. The molecule has 1 heterocycles. The van der Waals surface area contributed by atoms with E-state index in [2.05, 4.69) is 10.3 Å². The molecule has 1 atom stereocenters. The second-order valence-corrected chi connectivity index (χ2v) is 8.31. The maximum Gasteiger partial charge on any atom is 0.326 e. The average molecular weight is 398 g/mol. The van der Waals surface area contributed by atoms with Crippen LogP contribution in [0.2, 0.25) is 0 Å². The van der Waals surface area contributed by atoms with E-state index < -0.39 is 33.5 Å². The van der Waals surface area contributed by atoms with Gasteiger partial charge in [0.25, 0.3) is 5.91 Å². The molecule has 7 nitrogen and oxygen atoms in total. The number of nitrogens with zero attached hydrogens (tertiary/aromatic N) is 1. The Bertz CT molecular complexity index is 1110. The van der Waals surface area contributed by atoms with E-state index in [-0.39, 0.29) is 16.9 Å². The topological polar surface area (TPSA) is 113 Å². The van der Waals surface area contributed by atoms with Gasteiger partial charge in [0.1, 0.15) is 6.04 Å². The fraction of sp³-hybridized carbons (Fsp3) is 0.150. The van der Waals surface area contributed by atoms with E-state index in [0.29, 0.717) is 5.52 Å². The molecule has 0 saturated carbocycles. The highest BCUT2D eigenvalue weighted by Crippen LogP contribution is 2.14. The predicted molar refractivity (Wildman–Crippen MR) is 104 cm³/mol. The second-order valence-electron chi connectivity index (χ2n) is 6.20. The van der Waals surface area contributed by atoms with Gasteiger partial charge in [-0.1, -0.05) is 36.4 Å². The van der Waals surface area contributed by atoms with E-state index in [1.165, 1.54) is 18.3 Å². The van der Waals surface area contributed by atoms with E-state index in [0.717, 1.165) is 5.39 Å². The maximum atomic E-state index is 12.4. The first-order valence-corrected chi connectivity index (χ1v) is 10.2. The Hall–Kier alpha value is -3.26. The molecule has 0 bridgehead atoms. The van der Waals surface area contributed by atoms with Crippen LogP contribution >= 0.6 is 0 Å². The second kappa shape index (κ2) is 8.18. The van der Waals surface area contributed by atoms with Crippen molar-refractivity contribution in [2.45, 2.75) is 17.4 Å². The molecule has 2 aromatic carbocycles. The van der Waals surface area contributed by atoms with Crippen molar-refractivity contribution < 1.29 is 23.1 Å². The summed E-state index contributed by atoms with van der Waals surface area (Å²) in [5.74, 6) is -2.32. The lowest BCUT2D eigenvalue weighted by Gasteiger charge is -2.15. The Morgan fingerprint density at radius 1 is 1.04 bits per heavy atom. The average Bonchev–Trinajstić information content (AvgIpc) is 2.71. The van der Waals surface area contributed by atoms with Gasteiger partial charge in [0.2, 0.25) is 0 Å². The van der Waals surface area contributed by atoms with Crippen LogP contribution in [-0.4, -0.2) is 42.2 Å². The molecule has 0 radical (unpaired) electrons. The predicted octanol–water partition coefficient (Wildman–Crippen LogP) is 2.28. The zero-order chi connectivity index (χ0) is 20.1. The molecule has 0 saturated heterocycles. The summed E-state index contributed by atoms with van der Waals surface area (Å²) in [5, 5.41) is 12.5. The molecule has 8 heteroatoms. The van der Waals surface area contributed by atoms with Gasteiger partial charge in [-0.05, 0) is 30.7 Å². The van der Waals surface area contributed by atoms with Crippen LogP contribution in [0.25, 0.3) is 10.9 Å². The van der Waals surface area contributed by atoms with E-state index in [9.17, 15) is 23.1 Å². The van der Waals surface area contributed by atoms with Gasteiger partial charge < -0.3 is 10.4 Å². The minimum atomic E-state index is -3.65. The normalized spacial score (nSPS) is 12.4. The van der Waals surface area contributed by atoms with Gasteiger partial charge in [-0.3, -0.25) is 9.78 Å². The third-order valence-electron chi connectivity index (χ3n) is 4.23. The summed E-state index contributed by atoms with van der Waals surface area (Å²) >= 11 is 0. The molecular formula is C20H18N2O5S. The van der Waals surface area contributed by atoms with E-state index >= 15 is 0 Å². The van der Waals surface area contributed by atoms with E-state index in [1.807, 2.05) is 6.07 Å². The molecule has 2 N–H and O–H groups in total. The zero-order valence-corrected chi connectivity index (χ0v) is 15.6. The van der Waals surface area contributed by atoms with Crippen molar-refractivity contribution >= 4 is 32.6 Å². The number of amides is 1. The van der Waals surface area contributed by atoms with Gasteiger partial charge in [0, 0.05) is 11.6 Å². The number of carboxylic acids is 1. The standard InChI is InChI=1S/C20H18N2O5S/c23-19(15-12-14-6-4-5-9-17(14)21-13-15)22-18(20(24)25)10-11-28(26,27)16-7-2-1-3-8-16/h1-9,12-13,18H,10-11H2,(H,22,23)(H,24,25)/t18-/m1/s1. The van der Waals surface area contributed by atoms with E-state index in [1.54, 1.807) is 42.5 Å². The van der Waals surface area contributed by atoms with Crippen molar-refractivity contribution in [3.05, 3.63) is 72.4 Å². The Morgan fingerprint density at radius 3 is 2.43 bits per heavy atom. The quantitative estimate of drug-likeness (QED) is 0.631. The first kappa shape index (κ1) is 19.5. The maximum absolute atomic E-state index is 12.4. The molecule has 0 unspecified atom stereocenters. The van der Waals surface area contributed by atoms with Crippen LogP contribution in [0, 0.1) is 0 Å². The summed E-state index contributed by atoms with van der Waals surface area (Å²) in [5.41, 5.74) is 0.915. The van der Waals surface area contributed by atoms with Crippen LogP contribution in [0.5, 0.6) is 0 Å². The fourth-order valence-corrected chi connectivity index (χ4v) is 4.07. The van der Waals surface area contributed by atoms with E-state index in [4.69, 9.17) is 0 Å². The molecule has 0 aliphatic heterocycles. The number of aromatic nitrogens is 1. The minimum Gasteiger partial charge on any atom is -0.480 e. The van der Waals surface area contributed by atoms with Crippen LogP contribution in [0.4, 0.5) is 0 Å². The Morgan fingerprint density at radius 2 is 1.71 bits per heavy atom. The Labute approximate surface area is 162 Å². The summed E-state index contributed by atoms with van der Waals surface area (Å²) in [7, 11) is -3.65. The van der Waals surface area contributed by atoms with Crippen LogP contribution < -0.4 is 5.32 Å². The first-order chi connectivity index (χ1) is 13.4. The molecule has 28 heavy (non-hydrogen) atoms. The number of rotatable bonds is 7. The summed E-state index contributed by atoms with van der Waals surface area (Å²) < 4.78 is 24.7. The Balaban J connectivity index is 1.71. The van der Waals surface area contributed by atoms with Crippen LogP contribution in [0.15, 0.2) is 71.8 Å². The lowest BCUT2D eigenvalue weighted by Crippen LogP contribution is -2.42. The van der Waals surface area contributed by atoms with Gasteiger partial charge in [-0.15, -0.1) is 0 Å². The lowest BCUT2D eigenvalue weighted by atomic mass is 10.1. The SMILES string of the molecule is O=C(N[C@H](CCS(=O)(=O)c1ccccc1)C(=O)O)c1cnc2ccccc2c1. The van der Waals surface area contributed by atoms with Gasteiger partial charge in [-0.25, -0.2) is 13.2 Å². The van der Waals surface area contributed by atoms with Crippen molar-refractivity contribution in [2.75, 3.05) is 5.75 Å². The molecule has 0 fully saturated rings. The number of aliphatic carboxylic acids is 1. The monoisotopic (exact) mass is 398 g/mol. The number of nitrogens with one attached hydrogen (secondary N) is 1. The molecule has 144 valence electrons. The molecule has 0 aliphatic rings. The third kappa shape index (κ3) is 4.52. The van der Waals surface area contributed by atoms with Crippen molar-refractivity contribution in [1.29, 1.82) is 0 Å². The highest BCUT2D eigenvalue weighted by molar-refractivity contribution is 7.91. The number of fused-ring (bicyclic) bond motifs is 1. The van der Waals surface area contributed by atoms with Crippen molar-refractivity contribution in [3.63, 3.8) is 0 Å². The number of pyridine rings is 1. The summed E-state index contributed by atoms with van der Waals surface area (Å²) in [6.07, 6.45) is 1.11. The molecule has 3 aromatic rings. The number of benzene rings is 2. The smallest absolute Gasteiger partial charge is 0.326 e. The highest BCUT2D eigenvalue weighted by Gasteiger charge is 2.24. The van der Waals surface area contributed by atoms with Crippen LogP contribution in [-0.2, 0) is 14.6 Å². The number of carbonyl (C=O) groups excluding carboxylic acids is 1. The van der Waals surface area contributed by atoms with Crippen molar-refractivity contribution in [2.24, 2.45) is 0 Å².